The van der Waals surface area contributed by atoms with E-state index in [1.807, 2.05) is 18.2 Å². The molecule has 4 nitrogen and oxygen atoms in total. The molecule has 0 radical (unpaired) electrons. The Kier molecular flexibility index (Phi) is 8.04. The number of piperazine rings is 1. The minimum Gasteiger partial charge on any atom is -0.399 e. The molecule has 1 aliphatic heterocycles. The van der Waals surface area contributed by atoms with Crippen LogP contribution < -0.4 is 10.6 Å². The number of nitrogen functional groups attached to an aromatic ring is 1. The van der Waals surface area contributed by atoms with Crippen molar-refractivity contribution in [1.82, 2.24) is 4.90 Å². The molecule has 0 aliphatic carbocycles. The maximum atomic E-state index is 9.61. The number of hydrogen-bond donors (Lipinski definition) is 2. The van der Waals surface area contributed by atoms with Crippen LogP contribution in [0.1, 0.15) is 43.4 Å². The van der Waals surface area contributed by atoms with Crippen molar-refractivity contribution in [2.75, 3.05) is 43.4 Å². The molecule has 3 N–H and O–H groups in total. The lowest BCUT2D eigenvalue weighted by atomic mass is 9.87. The van der Waals surface area contributed by atoms with Gasteiger partial charge in [-0.1, -0.05) is 54.6 Å². The first kappa shape index (κ1) is 24.1. The van der Waals surface area contributed by atoms with E-state index >= 15 is 0 Å². The van der Waals surface area contributed by atoms with Gasteiger partial charge in [0.15, 0.2) is 0 Å². The average Bonchev–Trinajstić information content (AvgIpc) is 2.88. The minimum atomic E-state index is 0.173. The lowest BCUT2D eigenvalue weighted by Gasteiger charge is -2.38. The Morgan fingerprint density at radius 1 is 0.794 bits per heavy atom. The molecule has 0 atom stereocenters. The van der Waals surface area contributed by atoms with Crippen molar-refractivity contribution in [2.24, 2.45) is 0 Å². The molecule has 0 spiro atoms. The van der Waals surface area contributed by atoms with E-state index in [-0.39, 0.29) is 6.61 Å². The molecule has 1 heterocycles. The van der Waals surface area contributed by atoms with Crippen molar-refractivity contribution in [3.05, 3.63) is 95.6 Å². The Hall–Kier alpha value is -3.08. The highest BCUT2D eigenvalue weighted by molar-refractivity contribution is 5.99. The average molecular weight is 456 g/mol. The highest BCUT2D eigenvalue weighted by Gasteiger charge is 2.20. The summed E-state index contributed by atoms with van der Waals surface area (Å²) < 4.78 is 0. The predicted molar refractivity (Wildman–Crippen MR) is 145 cm³/mol. The number of aliphatic hydroxyl groups is 1. The third-order valence-corrected chi connectivity index (χ3v) is 6.77. The van der Waals surface area contributed by atoms with E-state index in [4.69, 9.17) is 5.73 Å². The zero-order valence-electron chi connectivity index (χ0n) is 20.5. The molecule has 34 heavy (non-hydrogen) atoms. The van der Waals surface area contributed by atoms with Gasteiger partial charge in [-0.15, -0.1) is 0 Å². The second kappa shape index (κ2) is 11.4. The van der Waals surface area contributed by atoms with E-state index in [1.165, 1.54) is 28.0 Å². The van der Waals surface area contributed by atoms with Crippen molar-refractivity contribution in [3.63, 3.8) is 0 Å². The zero-order valence-corrected chi connectivity index (χ0v) is 20.5. The Balaban J connectivity index is 1.72. The number of nitrogens with zero attached hydrogens (tertiary/aromatic N) is 2. The number of benzene rings is 3. The number of rotatable bonds is 8. The summed E-state index contributed by atoms with van der Waals surface area (Å²) in [6.07, 6.45) is 1.53. The van der Waals surface area contributed by atoms with Gasteiger partial charge in [-0.3, -0.25) is 4.90 Å². The Labute approximate surface area is 204 Å². The lowest BCUT2D eigenvalue weighted by Crippen LogP contribution is -2.48. The molecule has 3 aromatic rings. The van der Waals surface area contributed by atoms with Crippen LogP contribution in [-0.4, -0.2) is 48.8 Å². The second-order valence-corrected chi connectivity index (χ2v) is 9.33. The van der Waals surface area contributed by atoms with Crippen LogP contribution in [0.5, 0.6) is 0 Å². The van der Waals surface area contributed by atoms with Crippen molar-refractivity contribution in [1.29, 1.82) is 0 Å². The van der Waals surface area contributed by atoms with Crippen LogP contribution in [0, 0.1) is 0 Å². The minimum absolute atomic E-state index is 0.173. The SMILES string of the molecule is CC(C)N1CCN(c2ccc(/C(=C(/CCCO)c3ccccc3)c3ccc(N)cc3)cc2)CC1. The summed E-state index contributed by atoms with van der Waals surface area (Å²) in [7, 11) is 0. The quantitative estimate of drug-likeness (QED) is 0.346. The van der Waals surface area contributed by atoms with E-state index < -0.39 is 0 Å². The summed E-state index contributed by atoms with van der Waals surface area (Å²) in [6, 6.07) is 28.3. The Morgan fingerprint density at radius 2 is 1.38 bits per heavy atom. The van der Waals surface area contributed by atoms with Crippen LogP contribution in [0.15, 0.2) is 78.9 Å². The molecule has 0 amide bonds. The first-order chi connectivity index (χ1) is 16.6. The fourth-order valence-electron chi connectivity index (χ4n) is 4.81. The van der Waals surface area contributed by atoms with E-state index in [1.54, 1.807) is 0 Å². The number of nitrogens with two attached hydrogens (primary N) is 1. The summed E-state index contributed by atoms with van der Waals surface area (Å²) >= 11 is 0. The molecule has 0 saturated carbocycles. The van der Waals surface area contributed by atoms with Crippen molar-refractivity contribution in [2.45, 2.75) is 32.7 Å². The summed E-state index contributed by atoms with van der Waals surface area (Å²) in [4.78, 5) is 5.03. The van der Waals surface area contributed by atoms with E-state index in [2.05, 4.69) is 84.3 Å². The van der Waals surface area contributed by atoms with Gasteiger partial charge >= 0.3 is 0 Å². The number of aliphatic hydroxyl groups excluding tert-OH is 1. The summed E-state index contributed by atoms with van der Waals surface area (Å²) in [5, 5.41) is 9.61. The summed E-state index contributed by atoms with van der Waals surface area (Å²) in [5.74, 6) is 0. The highest BCUT2D eigenvalue weighted by atomic mass is 16.2. The van der Waals surface area contributed by atoms with E-state index in [0.717, 1.165) is 50.3 Å². The lowest BCUT2D eigenvalue weighted by molar-refractivity contribution is 0.209. The van der Waals surface area contributed by atoms with Crippen LogP contribution in [0.3, 0.4) is 0 Å². The smallest absolute Gasteiger partial charge is 0.0434 e. The number of anilines is 2. The van der Waals surface area contributed by atoms with Crippen LogP contribution in [0.2, 0.25) is 0 Å². The van der Waals surface area contributed by atoms with Gasteiger partial charge in [-0.25, -0.2) is 0 Å². The van der Waals surface area contributed by atoms with Crippen LogP contribution in [0.4, 0.5) is 11.4 Å². The van der Waals surface area contributed by atoms with Gasteiger partial charge in [0, 0.05) is 50.2 Å². The van der Waals surface area contributed by atoms with Gasteiger partial charge < -0.3 is 15.7 Å². The standard InChI is InChI=1S/C30H37N3O/c1-23(2)32-18-20-33(21-19-32)28-16-12-26(13-17-28)30(25-10-14-27(31)15-11-25)29(9-6-22-34)24-7-4-3-5-8-24/h3-5,7-8,10-17,23,34H,6,9,18-22,31H2,1-2H3/b30-29-. The van der Waals surface area contributed by atoms with Crippen LogP contribution in [-0.2, 0) is 0 Å². The van der Waals surface area contributed by atoms with Crippen LogP contribution in [0.25, 0.3) is 11.1 Å². The molecule has 1 saturated heterocycles. The molecule has 0 aromatic heterocycles. The maximum Gasteiger partial charge on any atom is 0.0434 e. The first-order valence-electron chi connectivity index (χ1n) is 12.4. The monoisotopic (exact) mass is 455 g/mol. The molecule has 178 valence electrons. The molecule has 4 heteroatoms. The molecule has 0 unspecified atom stereocenters. The van der Waals surface area contributed by atoms with Gasteiger partial charge in [0.25, 0.3) is 0 Å². The summed E-state index contributed by atoms with van der Waals surface area (Å²) in [6.45, 7) is 9.05. The molecule has 0 bridgehead atoms. The van der Waals surface area contributed by atoms with Gasteiger partial charge in [0.1, 0.15) is 0 Å². The highest BCUT2D eigenvalue weighted by Crippen LogP contribution is 2.36. The fraction of sp³-hybridized carbons (Fsp3) is 0.333. The zero-order chi connectivity index (χ0) is 23.9. The molecule has 1 fully saturated rings. The Bertz CT molecular complexity index is 1060. The Morgan fingerprint density at radius 3 is 1.94 bits per heavy atom. The number of allylic oxidation sites excluding steroid dienone is 1. The topological polar surface area (TPSA) is 52.7 Å². The number of hydrogen-bond acceptors (Lipinski definition) is 4. The van der Waals surface area contributed by atoms with E-state index in [9.17, 15) is 5.11 Å². The van der Waals surface area contributed by atoms with Crippen molar-refractivity contribution < 1.29 is 5.11 Å². The molecular formula is C30H37N3O. The molecule has 1 aliphatic rings. The van der Waals surface area contributed by atoms with Crippen LogP contribution >= 0.6 is 0 Å². The van der Waals surface area contributed by atoms with Crippen molar-refractivity contribution in [3.8, 4) is 0 Å². The first-order valence-corrected chi connectivity index (χ1v) is 12.4. The third kappa shape index (κ3) is 5.69. The van der Waals surface area contributed by atoms with Crippen molar-refractivity contribution >= 4 is 22.5 Å². The maximum absolute atomic E-state index is 9.61. The van der Waals surface area contributed by atoms with Gasteiger partial charge in [-0.05, 0) is 78.8 Å². The fourth-order valence-corrected chi connectivity index (χ4v) is 4.81. The van der Waals surface area contributed by atoms with E-state index in [0.29, 0.717) is 6.04 Å². The normalized spacial score (nSPS) is 15.5. The van der Waals surface area contributed by atoms with Gasteiger partial charge in [-0.2, -0.15) is 0 Å². The molecule has 3 aromatic carbocycles. The summed E-state index contributed by atoms with van der Waals surface area (Å²) in [5.41, 5.74) is 14.0. The molecular weight excluding hydrogens is 418 g/mol. The largest absolute Gasteiger partial charge is 0.399 e. The second-order valence-electron chi connectivity index (χ2n) is 9.33. The third-order valence-electron chi connectivity index (χ3n) is 6.77. The van der Waals surface area contributed by atoms with Gasteiger partial charge in [0.2, 0.25) is 0 Å². The molecule has 4 rings (SSSR count). The van der Waals surface area contributed by atoms with Gasteiger partial charge in [0.05, 0.1) is 0 Å². The predicted octanol–water partition coefficient (Wildman–Crippen LogP) is 5.53.